The van der Waals surface area contributed by atoms with E-state index in [0.29, 0.717) is 18.3 Å². The summed E-state index contributed by atoms with van der Waals surface area (Å²) in [6.07, 6.45) is 12.4. The van der Waals surface area contributed by atoms with Crippen LogP contribution in [0.5, 0.6) is 0 Å². The molecule has 1 atom stereocenters. The Morgan fingerprint density at radius 1 is 1.21 bits per heavy atom. The van der Waals surface area contributed by atoms with Crippen molar-refractivity contribution in [2.45, 2.75) is 71.9 Å². The third kappa shape index (κ3) is 3.58. The fraction of sp³-hybridized carbons (Fsp3) is 0.667. The molecule has 0 N–H and O–H groups in total. The van der Waals surface area contributed by atoms with E-state index in [-0.39, 0.29) is 0 Å². The molecule has 0 saturated heterocycles. The standard InChI is InChI=1S/C18H27F/c1-14(2)15(3)13-18(11-12-18)16-7-5-9-17(4,19)10-6-8-16/h5,7-8H,6,9-13H2,1-4H3. The van der Waals surface area contributed by atoms with Crippen LogP contribution in [-0.4, -0.2) is 5.67 Å². The van der Waals surface area contributed by atoms with Gasteiger partial charge in [0.1, 0.15) is 5.67 Å². The van der Waals surface area contributed by atoms with Crippen LogP contribution in [-0.2, 0) is 0 Å². The molecule has 2 aliphatic carbocycles. The molecule has 1 heteroatoms. The Morgan fingerprint density at radius 2 is 1.89 bits per heavy atom. The highest BCUT2D eigenvalue weighted by Gasteiger charge is 2.45. The largest absolute Gasteiger partial charge is 0.244 e. The summed E-state index contributed by atoms with van der Waals surface area (Å²) >= 11 is 0. The summed E-state index contributed by atoms with van der Waals surface area (Å²) in [5.74, 6) is 0. The second-order valence-corrected chi connectivity index (χ2v) is 6.96. The van der Waals surface area contributed by atoms with Gasteiger partial charge in [-0.25, -0.2) is 4.39 Å². The molecule has 0 aliphatic heterocycles. The van der Waals surface area contributed by atoms with E-state index in [1.807, 2.05) is 6.08 Å². The van der Waals surface area contributed by atoms with Crippen LogP contribution in [0, 0.1) is 5.41 Å². The average molecular weight is 262 g/mol. The Hall–Kier alpha value is -0.850. The molecular formula is C18H27F. The minimum Gasteiger partial charge on any atom is -0.244 e. The minimum absolute atomic E-state index is 0.377. The van der Waals surface area contributed by atoms with Gasteiger partial charge in [-0.3, -0.25) is 0 Å². The molecule has 106 valence electrons. The van der Waals surface area contributed by atoms with Crippen LogP contribution >= 0.6 is 0 Å². The third-order valence-corrected chi connectivity index (χ3v) is 4.79. The van der Waals surface area contributed by atoms with Crippen LogP contribution in [0.2, 0.25) is 0 Å². The normalized spacial score (nSPS) is 29.2. The van der Waals surface area contributed by atoms with E-state index in [0.717, 1.165) is 6.42 Å². The first kappa shape index (κ1) is 14.6. The predicted molar refractivity (Wildman–Crippen MR) is 80.9 cm³/mol. The lowest BCUT2D eigenvalue weighted by atomic mass is 9.84. The first-order valence-electron chi connectivity index (χ1n) is 7.54. The number of alkyl halides is 1. The molecule has 0 heterocycles. The molecule has 2 aliphatic rings. The highest BCUT2D eigenvalue weighted by molar-refractivity contribution is 5.35. The van der Waals surface area contributed by atoms with E-state index in [2.05, 4.69) is 32.9 Å². The smallest absolute Gasteiger partial charge is 0.112 e. The van der Waals surface area contributed by atoms with Crippen LogP contribution in [0.25, 0.3) is 0 Å². The zero-order valence-corrected chi connectivity index (χ0v) is 12.9. The molecule has 0 bridgehead atoms. The van der Waals surface area contributed by atoms with Gasteiger partial charge in [-0.1, -0.05) is 29.4 Å². The summed E-state index contributed by atoms with van der Waals surface area (Å²) in [6.45, 7) is 8.36. The number of hydrogen-bond acceptors (Lipinski definition) is 0. The van der Waals surface area contributed by atoms with Gasteiger partial charge in [0.25, 0.3) is 0 Å². The number of halogens is 1. The summed E-state index contributed by atoms with van der Waals surface area (Å²) in [5.41, 5.74) is 3.78. The maximum Gasteiger partial charge on any atom is 0.112 e. The second kappa shape index (κ2) is 5.26. The van der Waals surface area contributed by atoms with Gasteiger partial charge in [-0.15, -0.1) is 0 Å². The van der Waals surface area contributed by atoms with Crippen molar-refractivity contribution in [3.8, 4) is 0 Å². The van der Waals surface area contributed by atoms with Crippen molar-refractivity contribution < 1.29 is 4.39 Å². The van der Waals surface area contributed by atoms with Crippen LogP contribution in [0.15, 0.2) is 34.9 Å². The molecule has 0 aromatic rings. The average Bonchev–Trinajstić information content (AvgIpc) is 3.04. The van der Waals surface area contributed by atoms with E-state index < -0.39 is 5.67 Å². The molecule has 1 saturated carbocycles. The lowest BCUT2D eigenvalue weighted by molar-refractivity contribution is 0.179. The van der Waals surface area contributed by atoms with Crippen molar-refractivity contribution in [1.29, 1.82) is 0 Å². The van der Waals surface area contributed by atoms with Gasteiger partial charge in [0.15, 0.2) is 0 Å². The number of hydrogen-bond donors (Lipinski definition) is 0. The molecular weight excluding hydrogens is 235 g/mol. The first-order chi connectivity index (χ1) is 8.85. The van der Waals surface area contributed by atoms with E-state index >= 15 is 0 Å². The van der Waals surface area contributed by atoms with Crippen molar-refractivity contribution >= 4 is 0 Å². The first-order valence-corrected chi connectivity index (χ1v) is 7.54. The van der Waals surface area contributed by atoms with Gasteiger partial charge in [0.05, 0.1) is 0 Å². The van der Waals surface area contributed by atoms with Crippen molar-refractivity contribution in [2.75, 3.05) is 0 Å². The van der Waals surface area contributed by atoms with Gasteiger partial charge in [0.2, 0.25) is 0 Å². The highest BCUT2D eigenvalue weighted by atomic mass is 19.1. The number of allylic oxidation sites excluding steroid dienone is 6. The Morgan fingerprint density at radius 3 is 2.47 bits per heavy atom. The molecule has 0 aromatic carbocycles. The van der Waals surface area contributed by atoms with Gasteiger partial charge < -0.3 is 0 Å². The monoisotopic (exact) mass is 262 g/mol. The third-order valence-electron chi connectivity index (χ3n) is 4.79. The van der Waals surface area contributed by atoms with Crippen molar-refractivity contribution in [2.24, 2.45) is 5.41 Å². The minimum atomic E-state index is -1.02. The Balaban J connectivity index is 2.12. The van der Waals surface area contributed by atoms with Crippen molar-refractivity contribution in [3.05, 3.63) is 34.9 Å². The topological polar surface area (TPSA) is 0 Å². The molecule has 0 spiro atoms. The molecule has 0 aromatic heterocycles. The van der Waals surface area contributed by atoms with Gasteiger partial charge >= 0.3 is 0 Å². The van der Waals surface area contributed by atoms with Crippen LogP contribution < -0.4 is 0 Å². The summed E-state index contributed by atoms with van der Waals surface area (Å²) in [7, 11) is 0. The fourth-order valence-electron chi connectivity index (χ4n) is 2.93. The van der Waals surface area contributed by atoms with E-state index in [1.54, 1.807) is 6.92 Å². The van der Waals surface area contributed by atoms with Crippen LogP contribution in [0.3, 0.4) is 0 Å². The molecule has 1 unspecified atom stereocenters. The fourth-order valence-corrected chi connectivity index (χ4v) is 2.93. The zero-order chi connectivity index (χ0) is 14.1. The van der Waals surface area contributed by atoms with E-state index in [9.17, 15) is 4.39 Å². The van der Waals surface area contributed by atoms with E-state index in [1.165, 1.54) is 36.0 Å². The molecule has 1 fully saturated rings. The molecule has 0 nitrogen and oxygen atoms in total. The lowest BCUT2D eigenvalue weighted by Crippen LogP contribution is -2.17. The Kier molecular flexibility index (Phi) is 4.03. The lowest BCUT2D eigenvalue weighted by Gasteiger charge is -2.23. The summed E-state index contributed by atoms with van der Waals surface area (Å²) in [4.78, 5) is 0. The zero-order valence-electron chi connectivity index (χ0n) is 12.9. The maximum absolute atomic E-state index is 14.0. The quantitative estimate of drug-likeness (QED) is 0.555. The number of rotatable bonds is 3. The highest BCUT2D eigenvalue weighted by Crippen LogP contribution is 2.57. The van der Waals surface area contributed by atoms with Crippen molar-refractivity contribution in [1.82, 2.24) is 0 Å². The van der Waals surface area contributed by atoms with E-state index in [4.69, 9.17) is 0 Å². The predicted octanol–water partition coefficient (Wildman–Crippen LogP) is 5.91. The maximum atomic E-state index is 14.0. The molecule has 0 amide bonds. The summed E-state index contributed by atoms with van der Waals surface area (Å²) < 4.78 is 14.0. The molecule has 0 radical (unpaired) electrons. The van der Waals surface area contributed by atoms with Gasteiger partial charge in [-0.2, -0.15) is 0 Å². The SMILES string of the molecule is CC(C)=C(C)CC1(C2=CCCC(C)(F)CC=C2)CC1. The van der Waals surface area contributed by atoms with Crippen molar-refractivity contribution in [3.63, 3.8) is 0 Å². The van der Waals surface area contributed by atoms with Crippen LogP contribution in [0.1, 0.15) is 66.2 Å². The summed E-state index contributed by atoms with van der Waals surface area (Å²) in [5, 5.41) is 0. The van der Waals surface area contributed by atoms with Gasteiger partial charge in [-0.05, 0) is 77.2 Å². The van der Waals surface area contributed by atoms with Gasteiger partial charge in [0, 0.05) is 0 Å². The summed E-state index contributed by atoms with van der Waals surface area (Å²) in [6, 6.07) is 0. The molecule has 2 rings (SSSR count). The Labute approximate surface area is 117 Å². The second-order valence-electron chi connectivity index (χ2n) is 6.96. The molecule has 19 heavy (non-hydrogen) atoms. The Bertz CT molecular complexity index is 427. The van der Waals surface area contributed by atoms with Crippen LogP contribution in [0.4, 0.5) is 4.39 Å².